The van der Waals surface area contributed by atoms with Crippen LogP contribution in [-0.2, 0) is 6.61 Å². The fraction of sp³-hybridized carbons (Fsp3) is 0.0667. The van der Waals surface area contributed by atoms with E-state index in [2.05, 4.69) is 25.9 Å². The molecular formula is C15H10Cl3N5O2. The Balaban J connectivity index is 1.80. The molecule has 0 saturated carbocycles. The van der Waals surface area contributed by atoms with Gasteiger partial charge in [-0.1, -0.05) is 40.0 Å². The number of H-pyrrole nitrogens is 1. The van der Waals surface area contributed by atoms with Crippen LogP contribution in [-0.4, -0.2) is 26.5 Å². The summed E-state index contributed by atoms with van der Waals surface area (Å²) in [6, 6.07) is 9.48. The third kappa shape index (κ3) is 4.39. The van der Waals surface area contributed by atoms with Gasteiger partial charge in [0.2, 0.25) is 5.82 Å². The third-order valence-corrected chi connectivity index (χ3v) is 4.08. The number of nitrogens with zero attached hydrogens (tertiary/aromatic N) is 3. The Morgan fingerprint density at radius 1 is 1.12 bits per heavy atom. The van der Waals surface area contributed by atoms with Gasteiger partial charge in [0.15, 0.2) is 6.61 Å². The molecule has 1 aromatic heterocycles. The van der Waals surface area contributed by atoms with E-state index < -0.39 is 5.91 Å². The number of carbonyl (C=O) groups is 1. The van der Waals surface area contributed by atoms with Gasteiger partial charge in [-0.25, -0.2) is 0 Å². The number of rotatable bonds is 5. The first-order valence-corrected chi connectivity index (χ1v) is 8.07. The lowest BCUT2D eigenvalue weighted by Crippen LogP contribution is -2.14. The monoisotopic (exact) mass is 397 g/mol. The van der Waals surface area contributed by atoms with Crippen LogP contribution < -0.4 is 10.1 Å². The number of carbonyl (C=O) groups excluding carboxylic acids is 1. The predicted molar refractivity (Wildman–Crippen MR) is 94.4 cm³/mol. The van der Waals surface area contributed by atoms with Gasteiger partial charge in [-0.05, 0) is 36.4 Å². The quantitative estimate of drug-likeness (QED) is 0.678. The number of halogens is 3. The molecule has 0 aliphatic heterocycles. The van der Waals surface area contributed by atoms with Gasteiger partial charge in [0.05, 0.1) is 15.6 Å². The average molecular weight is 399 g/mol. The lowest BCUT2D eigenvalue weighted by molar-refractivity contribution is 0.102. The molecule has 3 aromatic rings. The van der Waals surface area contributed by atoms with Crippen molar-refractivity contribution in [1.29, 1.82) is 0 Å². The van der Waals surface area contributed by atoms with Crippen LogP contribution in [0.15, 0.2) is 36.4 Å². The Morgan fingerprint density at radius 3 is 2.68 bits per heavy atom. The van der Waals surface area contributed by atoms with Crippen LogP contribution >= 0.6 is 34.8 Å². The maximum atomic E-state index is 12.6. The smallest absolute Gasteiger partial charge is 0.259 e. The molecule has 0 unspecified atom stereocenters. The summed E-state index contributed by atoms with van der Waals surface area (Å²) in [5, 5.41) is 17.2. The first-order valence-electron chi connectivity index (χ1n) is 6.94. The minimum atomic E-state index is -0.413. The summed E-state index contributed by atoms with van der Waals surface area (Å²) in [7, 11) is 0. The molecule has 7 nitrogen and oxygen atoms in total. The molecule has 0 fully saturated rings. The van der Waals surface area contributed by atoms with Crippen LogP contribution in [0.5, 0.6) is 5.75 Å². The van der Waals surface area contributed by atoms with Gasteiger partial charge in [0, 0.05) is 10.7 Å². The Morgan fingerprint density at radius 2 is 1.96 bits per heavy atom. The van der Waals surface area contributed by atoms with Gasteiger partial charge in [0.1, 0.15) is 5.75 Å². The zero-order chi connectivity index (χ0) is 17.8. The molecule has 2 aromatic carbocycles. The van der Waals surface area contributed by atoms with E-state index in [4.69, 9.17) is 39.5 Å². The van der Waals surface area contributed by atoms with Crippen molar-refractivity contribution in [1.82, 2.24) is 20.6 Å². The molecule has 0 aliphatic rings. The summed E-state index contributed by atoms with van der Waals surface area (Å²) in [6.45, 7) is 0.0468. The van der Waals surface area contributed by atoms with Crippen LogP contribution in [0.4, 0.5) is 5.69 Å². The second kappa shape index (κ2) is 7.69. The number of anilines is 1. The standard InChI is InChI=1S/C15H10Cl3N5O2/c16-8-1-4-13(25-7-14-20-22-23-21-14)10(5-8)15(24)19-9-2-3-11(17)12(18)6-9/h1-6H,7H2,(H,19,24)(H,20,21,22,23). The van der Waals surface area contributed by atoms with Crippen molar-refractivity contribution < 1.29 is 9.53 Å². The maximum absolute atomic E-state index is 12.6. The van der Waals surface area contributed by atoms with E-state index in [1.54, 1.807) is 30.3 Å². The molecule has 0 saturated heterocycles. The lowest BCUT2D eigenvalue weighted by Gasteiger charge is -2.11. The second-order valence-electron chi connectivity index (χ2n) is 4.84. The molecule has 128 valence electrons. The third-order valence-electron chi connectivity index (χ3n) is 3.11. The molecule has 10 heteroatoms. The van der Waals surface area contributed by atoms with Crippen molar-refractivity contribution in [3.8, 4) is 5.75 Å². The van der Waals surface area contributed by atoms with Crippen LogP contribution in [0.1, 0.15) is 16.2 Å². The zero-order valence-electron chi connectivity index (χ0n) is 12.5. The van der Waals surface area contributed by atoms with Crippen molar-refractivity contribution in [2.45, 2.75) is 6.61 Å². The van der Waals surface area contributed by atoms with E-state index >= 15 is 0 Å². The van der Waals surface area contributed by atoms with Gasteiger partial charge >= 0.3 is 0 Å². The highest BCUT2D eigenvalue weighted by Crippen LogP contribution is 2.27. The SMILES string of the molecule is O=C(Nc1ccc(Cl)c(Cl)c1)c1cc(Cl)ccc1OCc1nn[nH]n1. The molecule has 0 aliphatic carbocycles. The van der Waals surface area contributed by atoms with Gasteiger partial charge in [-0.15, -0.1) is 10.2 Å². The second-order valence-corrected chi connectivity index (χ2v) is 6.09. The molecule has 0 spiro atoms. The topological polar surface area (TPSA) is 92.8 Å². The van der Waals surface area contributed by atoms with Crippen molar-refractivity contribution in [3.05, 3.63) is 62.9 Å². The number of hydrogen-bond donors (Lipinski definition) is 2. The number of hydrogen-bond acceptors (Lipinski definition) is 5. The number of tetrazole rings is 1. The minimum absolute atomic E-state index is 0.0468. The normalized spacial score (nSPS) is 10.5. The number of amides is 1. The van der Waals surface area contributed by atoms with Gasteiger partial charge in [-0.2, -0.15) is 5.21 Å². The summed E-state index contributed by atoms with van der Waals surface area (Å²) < 4.78 is 5.59. The minimum Gasteiger partial charge on any atom is -0.485 e. The highest BCUT2D eigenvalue weighted by molar-refractivity contribution is 6.42. The van der Waals surface area contributed by atoms with Crippen molar-refractivity contribution >= 4 is 46.4 Å². The zero-order valence-corrected chi connectivity index (χ0v) is 14.7. The van der Waals surface area contributed by atoms with E-state index in [-0.39, 0.29) is 12.2 Å². The maximum Gasteiger partial charge on any atom is 0.259 e. The van der Waals surface area contributed by atoms with Crippen molar-refractivity contribution in [3.63, 3.8) is 0 Å². The Hall–Kier alpha value is -2.35. The summed E-state index contributed by atoms with van der Waals surface area (Å²) in [6.07, 6.45) is 0. The Labute approximate surface area is 157 Å². The number of aromatic amines is 1. The first kappa shape index (κ1) is 17.5. The molecule has 25 heavy (non-hydrogen) atoms. The van der Waals surface area contributed by atoms with E-state index in [1.165, 1.54) is 6.07 Å². The molecule has 0 atom stereocenters. The van der Waals surface area contributed by atoms with Crippen LogP contribution in [0, 0.1) is 0 Å². The van der Waals surface area contributed by atoms with Crippen LogP contribution in [0.2, 0.25) is 15.1 Å². The fourth-order valence-corrected chi connectivity index (χ4v) is 2.43. The summed E-state index contributed by atoms with van der Waals surface area (Å²) in [5.41, 5.74) is 0.741. The molecule has 1 amide bonds. The lowest BCUT2D eigenvalue weighted by atomic mass is 10.2. The molecule has 3 rings (SSSR count). The molecule has 1 heterocycles. The largest absolute Gasteiger partial charge is 0.485 e. The number of aromatic nitrogens is 4. The van der Waals surface area contributed by atoms with E-state index in [0.29, 0.717) is 32.3 Å². The fourth-order valence-electron chi connectivity index (χ4n) is 1.96. The van der Waals surface area contributed by atoms with E-state index in [1.807, 2.05) is 0 Å². The van der Waals surface area contributed by atoms with E-state index in [9.17, 15) is 4.79 Å². The van der Waals surface area contributed by atoms with Crippen LogP contribution in [0.3, 0.4) is 0 Å². The van der Waals surface area contributed by atoms with Crippen molar-refractivity contribution in [2.24, 2.45) is 0 Å². The predicted octanol–water partition coefficient (Wildman–Crippen LogP) is 3.99. The summed E-state index contributed by atoms with van der Waals surface area (Å²) in [5.74, 6) is 0.265. The number of ether oxygens (including phenoxy) is 1. The number of benzene rings is 2. The Bertz CT molecular complexity index is 902. The molecular weight excluding hydrogens is 389 g/mol. The summed E-state index contributed by atoms with van der Waals surface area (Å²) in [4.78, 5) is 12.6. The van der Waals surface area contributed by atoms with E-state index in [0.717, 1.165) is 0 Å². The van der Waals surface area contributed by atoms with Gasteiger partial charge in [0.25, 0.3) is 5.91 Å². The number of nitrogens with one attached hydrogen (secondary N) is 2. The average Bonchev–Trinajstić information content (AvgIpc) is 3.10. The highest BCUT2D eigenvalue weighted by Gasteiger charge is 2.15. The molecule has 0 radical (unpaired) electrons. The summed E-state index contributed by atoms with van der Waals surface area (Å²) >= 11 is 17.8. The van der Waals surface area contributed by atoms with Gasteiger partial charge < -0.3 is 10.1 Å². The molecule has 2 N–H and O–H groups in total. The first-order chi connectivity index (χ1) is 12.0. The van der Waals surface area contributed by atoms with Crippen molar-refractivity contribution in [2.75, 3.05) is 5.32 Å². The van der Waals surface area contributed by atoms with Gasteiger partial charge in [-0.3, -0.25) is 4.79 Å². The Kier molecular flexibility index (Phi) is 5.37. The molecule has 0 bridgehead atoms. The van der Waals surface area contributed by atoms with Crippen LogP contribution in [0.25, 0.3) is 0 Å². The highest BCUT2D eigenvalue weighted by atomic mass is 35.5.